The minimum atomic E-state index is -0.542. The van der Waals surface area contributed by atoms with Crippen LogP contribution in [-0.2, 0) is 4.79 Å². The number of nitro benzene ring substituents is 1. The van der Waals surface area contributed by atoms with Gasteiger partial charge < -0.3 is 10.6 Å². The summed E-state index contributed by atoms with van der Waals surface area (Å²) in [6, 6.07) is 9.48. The zero-order chi connectivity index (χ0) is 20.9. The first-order valence-electron chi connectivity index (χ1n) is 9.18. The number of rotatable bonds is 2. The van der Waals surface area contributed by atoms with Gasteiger partial charge in [-0.25, -0.2) is 0 Å². The van der Waals surface area contributed by atoms with Crippen LogP contribution in [0.15, 0.2) is 47.7 Å². The molecule has 2 aromatic rings. The topological polar surface area (TPSA) is 84.3 Å². The van der Waals surface area contributed by atoms with Gasteiger partial charge >= 0.3 is 0 Å². The molecule has 1 aliphatic carbocycles. The van der Waals surface area contributed by atoms with E-state index in [1.54, 1.807) is 18.2 Å². The van der Waals surface area contributed by atoms with Crippen LogP contribution in [0.5, 0.6) is 0 Å². The number of anilines is 2. The Morgan fingerprint density at radius 3 is 2.59 bits per heavy atom. The molecule has 0 spiro atoms. The van der Waals surface area contributed by atoms with E-state index in [9.17, 15) is 14.9 Å². The molecule has 6 nitrogen and oxygen atoms in total. The van der Waals surface area contributed by atoms with Gasteiger partial charge in [0, 0.05) is 28.8 Å². The Labute approximate surface area is 178 Å². The molecule has 2 aromatic carbocycles. The van der Waals surface area contributed by atoms with Crippen molar-refractivity contribution in [3.63, 3.8) is 0 Å². The highest BCUT2D eigenvalue weighted by Gasteiger charge is 2.39. The number of hydrogen-bond donors (Lipinski definition) is 2. The smallest absolute Gasteiger partial charge is 0.288 e. The van der Waals surface area contributed by atoms with Gasteiger partial charge in [0.05, 0.1) is 22.3 Å². The Morgan fingerprint density at radius 1 is 1.10 bits per heavy atom. The maximum atomic E-state index is 13.2. The number of hydrogen-bond acceptors (Lipinski definition) is 5. The van der Waals surface area contributed by atoms with Gasteiger partial charge in [-0.15, -0.1) is 0 Å². The van der Waals surface area contributed by atoms with Gasteiger partial charge in [-0.2, -0.15) is 0 Å². The summed E-state index contributed by atoms with van der Waals surface area (Å²) in [6.07, 6.45) is 1.08. The predicted molar refractivity (Wildman–Crippen MR) is 115 cm³/mol. The molecule has 29 heavy (non-hydrogen) atoms. The molecule has 4 rings (SSSR count). The van der Waals surface area contributed by atoms with Gasteiger partial charge in [0.1, 0.15) is 5.02 Å². The lowest BCUT2D eigenvalue weighted by Crippen LogP contribution is -2.31. The first kappa shape index (κ1) is 19.7. The molecule has 0 aromatic heterocycles. The van der Waals surface area contributed by atoms with E-state index in [0.717, 1.165) is 17.1 Å². The highest BCUT2D eigenvalue weighted by atomic mass is 35.5. The molecule has 150 valence electrons. The Bertz CT molecular complexity index is 1080. The highest BCUT2D eigenvalue weighted by Crippen LogP contribution is 2.46. The fraction of sp³-hybridized carbons (Fsp3) is 0.286. The number of nitrogens with zero attached hydrogens (tertiary/aromatic N) is 1. The molecule has 0 unspecified atom stereocenters. The zero-order valence-electron chi connectivity index (χ0n) is 15.9. The molecule has 1 atom stereocenters. The van der Waals surface area contributed by atoms with Crippen LogP contribution >= 0.6 is 23.2 Å². The van der Waals surface area contributed by atoms with Crippen molar-refractivity contribution in [3.8, 4) is 0 Å². The molecule has 2 aliphatic rings. The Kier molecular flexibility index (Phi) is 4.79. The molecule has 1 heterocycles. The summed E-state index contributed by atoms with van der Waals surface area (Å²) < 4.78 is 0. The maximum absolute atomic E-state index is 13.2. The number of nitro groups is 1. The molecule has 1 aliphatic heterocycles. The molecule has 0 amide bonds. The van der Waals surface area contributed by atoms with Gasteiger partial charge in [-0.05, 0) is 41.7 Å². The lowest BCUT2D eigenvalue weighted by Gasteiger charge is -2.34. The summed E-state index contributed by atoms with van der Waals surface area (Å²) in [5, 5.41) is 18.8. The summed E-state index contributed by atoms with van der Waals surface area (Å²) in [6.45, 7) is 4.10. The number of nitrogens with one attached hydrogen (secondary N) is 2. The van der Waals surface area contributed by atoms with E-state index < -0.39 is 11.0 Å². The van der Waals surface area contributed by atoms with E-state index in [1.807, 2.05) is 6.07 Å². The summed E-state index contributed by atoms with van der Waals surface area (Å²) in [4.78, 5) is 24.0. The van der Waals surface area contributed by atoms with Gasteiger partial charge in [0.25, 0.3) is 5.69 Å². The van der Waals surface area contributed by atoms with E-state index in [2.05, 4.69) is 24.5 Å². The minimum Gasteiger partial charge on any atom is -0.372 e. The number of carbonyl (C=O) groups excluding carboxylic acids is 1. The van der Waals surface area contributed by atoms with Gasteiger partial charge in [0.15, 0.2) is 5.78 Å². The van der Waals surface area contributed by atoms with Crippen LogP contribution in [0.3, 0.4) is 0 Å². The number of benzene rings is 2. The molecule has 0 saturated carbocycles. The Hall–Kier alpha value is -2.57. The number of halogens is 2. The van der Waals surface area contributed by atoms with Crippen molar-refractivity contribution in [2.24, 2.45) is 5.41 Å². The van der Waals surface area contributed by atoms with Crippen LogP contribution in [0.1, 0.15) is 38.3 Å². The number of allylic oxidation sites excluding steroid dienone is 1. The number of fused-ring (bicyclic) bond motifs is 1. The quantitative estimate of drug-likeness (QED) is 0.441. The van der Waals surface area contributed by atoms with E-state index >= 15 is 0 Å². The average Bonchev–Trinajstić information content (AvgIpc) is 2.76. The average molecular weight is 432 g/mol. The monoisotopic (exact) mass is 431 g/mol. The lowest BCUT2D eigenvalue weighted by atomic mass is 9.73. The first-order chi connectivity index (χ1) is 13.6. The van der Waals surface area contributed by atoms with E-state index in [0.29, 0.717) is 29.0 Å². The number of ketones is 1. The van der Waals surface area contributed by atoms with Crippen molar-refractivity contribution in [2.45, 2.75) is 32.7 Å². The summed E-state index contributed by atoms with van der Waals surface area (Å²) in [5.74, 6) is 0.0118. The molecular formula is C21H19Cl2N3O3. The SMILES string of the molecule is CC1(C)CC(=O)C2=C(C1)Nc1cc(Cl)ccc1N[C@@H]2c1ccc(Cl)c([N+](=O)[O-])c1. The van der Waals surface area contributed by atoms with E-state index in [1.165, 1.54) is 12.1 Å². The van der Waals surface area contributed by atoms with Crippen molar-refractivity contribution >= 4 is 46.0 Å². The van der Waals surface area contributed by atoms with E-state index in [-0.39, 0.29) is 21.9 Å². The van der Waals surface area contributed by atoms with Gasteiger partial charge in [0.2, 0.25) is 0 Å². The van der Waals surface area contributed by atoms with Gasteiger partial charge in [-0.1, -0.05) is 43.1 Å². The standard InChI is InChI=1S/C21H19Cl2N3O3/c1-21(2)9-16-19(18(27)10-21)20(11-3-5-13(23)17(7-11)26(28)29)25-14-6-4-12(22)8-15(14)24-16/h3-8,20,24-25H,9-10H2,1-2H3/t20-/m1/s1. The summed E-state index contributed by atoms with van der Waals surface area (Å²) >= 11 is 12.2. The Balaban J connectivity index is 1.91. The summed E-state index contributed by atoms with van der Waals surface area (Å²) in [5.41, 5.74) is 3.15. The van der Waals surface area contributed by atoms with Crippen LogP contribution in [0.2, 0.25) is 10.0 Å². The van der Waals surface area contributed by atoms with Crippen LogP contribution in [0, 0.1) is 15.5 Å². The maximum Gasteiger partial charge on any atom is 0.288 e. The molecule has 0 bridgehead atoms. The molecule has 0 saturated heterocycles. The fourth-order valence-corrected chi connectivity index (χ4v) is 4.38. The van der Waals surface area contributed by atoms with E-state index in [4.69, 9.17) is 23.2 Å². The van der Waals surface area contributed by atoms with Crippen molar-refractivity contribution in [3.05, 3.63) is 73.4 Å². The molecule has 8 heteroatoms. The number of carbonyl (C=O) groups is 1. The lowest BCUT2D eigenvalue weighted by molar-refractivity contribution is -0.384. The zero-order valence-corrected chi connectivity index (χ0v) is 17.4. The molecule has 0 fully saturated rings. The van der Waals surface area contributed by atoms with Crippen molar-refractivity contribution in [1.82, 2.24) is 0 Å². The summed E-state index contributed by atoms with van der Waals surface area (Å²) in [7, 11) is 0. The van der Waals surface area contributed by atoms with Crippen LogP contribution in [-0.4, -0.2) is 10.7 Å². The second-order valence-electron chi connectivity index (χ2n) is 8.19. The third-order valence-electron chi connectivity index (χ3n) is 5.28. The van der Waals surface area contributed by atoms with Crippen molar-refractivity contribution in [2.75, 3.05) is 10.6 Å². The fourth-order valence-electron chi connectivity index (χ4n) is 4.02. The van der Waals surface area contributed by atoms with Gasteiger partial charge in [-0.3, -0.25) is 14.9 Å². The third kappa shape index (κ3) is 3.70. The van der Waals surface area contributed by atoms with Crippen LogP contribution in [0.4, 0.5) is 17.1 Å². The van der Waals surface area contributed by atoms with Crippen molar-refractivity contribution in [1.29, 1.82) is 0 Å². The number of Topliss-reactive ketones (excluding diaryl/α,β-unsaturated/α-hetero) is 1. The second-order valence-corrected chi connectivity index (χ2v) is 9.04. The highest BCUT2D eigenvalue weighted by molar-refractivity contribution is 6.32. The normalized spacial score (nSPS) is 20.1. The predicted octanol–water partition coefficient (Wildman–Crippen LogP) is 6.12. The molecular weight excluding hydrogens is 413 g/mol. The molecule has 2 N–H and O–H groups in total. The Morgan fingerprint density at radius 2 is 1.86 bits per heavy atom. The molecule has 0 radical (unpaired) electrons. The van der Waals surface area contributed by atoms with Crippen molar-refractivity contribution < 1.29 is 9.72 Å². The third-order valence-corrected chi connectivity index (χ3v) is 5.83. The second kappa shape index (κ2) is 7.04. The largest absolute Gasteiger partial charge is 0.372 e. The minimum absolute atomic E-state index is 0.0118. The van der Waals surface area contributed by atoms with Crippen LogP contribution in [0.25, 0.3) is 0 Å². The van der Waals surface area contributed by atoms with Crippen LogP contribution < -0.4 is 10.6 Å². The first-order valence-corrected chi connectivity index (χ1v) is 9.93.